The third-order valence-electron chi connectivity index (χ3n) is 4.34. The number of benzene rings is 1. The molecular weight excluding hydrogens is 471 g/mol. The summed E-state index contributed by atoms with van der Waals surface area (Å²) in [5.74, 6) is 1.27. The minimum atomic E-state index is -0.0808. The molecule has 28 heavy (non-hydrogen) atoms. The Hall–Kier alpha value is -1.39. The molecule has 0 spiro atoms. The van der Waals surface area contributed by atoms with Crippen molar-refractivity contribution in [2.75, 3.05) is 46.6 Å². The lowest BCUT2D eigenvalue weighted by Crippen LogP contribution is -2.38. The zero-order chi connectivity index (χ0) is 19.3. The van der Waals surface area contributed by atoms with E-state index in [1.165, 1.54) is 0 Å². The van der Waals surface area contributed by atoms with E-state index in [9.17, 15) is 4.79 Å². The average molecular weight is 504 g/mol. The molecule has 2 rings (SSSR count). The van der Waals surface area contributed by atoms with Crippen LogP contribution in [0.15, 0.2) is 29.3 Å². The highest BCUT2D eigenvalue weighted by Crippen LogP contribution is 2.12. The highest BCUT2D eigenvalue weighted by Gasteiger charge is 2.15. The minimum absolute atomic E-state index is 0. The van der Waals surface area contributed by atoms with Gasteiger partial charge in [-0.15, -0.1) is 24.0 Å². The molecule has 158 valence electrons. The van der Waals surface area contributed by atoms with Crippen molar-refractivity contribution in [1.82, 2.24) is 16.0 Å². The van der Waals surface area contributed by atoms with Crippen molar-refractivity contribution in [2.45, 2.75) is 26.3 Å². The van der Waals surface area contributed by atoms with Crippen LogP contribution in [0.3, 0.4) is 0 Å². The van der Waals surface area contributed by atoms with Crippen molar-refractivity contribution in [3.63, 3.8) is 0 Å². The van der Waals surface area contributed by atoms with Crippen LogP contribution in [0.25, 0.3) is 0 Å². The zero-order valence-electron chi connectivity index (χ0n) is 16.8. The van der Waals surface area contributed by atoms with Gasteiger partial charge in [0.15, 0.2) is 5.96 Å². The van der Waals surface area contributed by atoms with Gasteiger partial charge in [-0.1, -0.05) is 12.1 Å². The Morgan fingerprint density at radius 3 is 2.71 bits per heavy atom. The summed E-state index contributed by atoms with van der Waals surface area (Å²) >= 11 is 0. The van der Waals surface area contributed by atoms with Gasteiger partial charge in [0.1, 0.15) is 0 Å². The fraction of sp³-hybridized carbons (Fsp3) is 0.600. The number of nitrogens with one attached hydrogen (secondary N) is 3. The Morgan fingerprint density at radius 1 is 1.29 bits per heavy atom. The summed E-state index contributed by atoms with van der Waals surface area (Å²) in [5, 5.41) is 9.19. The van der Waals surface area contributed by atoms with Crippen molar-refractivity contribution in [2.24, 2.45) is 10.9 Å². The standard InChI is InChI=1S/C20H32N4O3.HI/c1-3-22-20(23-10-4-11-26-14-17-9-12-27-15-17)24-13-16-5-7-18(8-6-16)19(25)21-2;/h5-8,17H,3-4,9-15H2,1-2H3,(H,21,25)(H2,22,23,24);1H. The van der Waals surface area contributed by atoms with Gasteiger partial charge in [-0.2, -0.15) is 0 Å². The molecule has 1 saturated heterocycles. The summed E-state index contributed by atoms with van der Waals surface area (Å²) in [6, 6.07) is 7.49. The topological polar surface area (TPSA) is 84.0 Å². The van der Waals surface area contributed by atoms with E-state index < -0.39 is 0 Å². The van der Waals surface area contributed by atoms with E-state index in [2.05, 4.69) is 20.9 Å². The highest BCUT2D eigenvalue weighted by atomic mass is 127. The number of ether oxygens (including phenoxy) is 2. The predicted octanol–water partition coefficient (Wildman–Crippen LogP) is 2.16. The van der Waals surface area contributed by atoms with Crippen molar-refractivity contribution in [3.8, 4) is 0 Å². The first-order chi connectivity index (χ1) is 13.2. The van der Waals surface area contributed by atoms with Crippen LogP contribution in [0.4, 0.5) is 0 Å². The number of hydrogen-bond acceptors (Lipinski definition) is 4. The van der Waals surface area contributed by atoms with E-state index in [1.807, 2.05) is 31.2 Å². The van der Waals surface area contributed by atoms with Gasteiger partial charge >= 0.3 is 0 Å². The van der Waals surface area contributed by atoms with Gasteiger partial charge in [0.25, 0.3) is 5.91 Å². The molecule has 0 aromatic heterocycles. The molecule has 0 saturated carbocycles. The van der Waals surface area contributed by atoms with Gasteiger partial charge < -0.3 is 25.4 Å². The Bertz CT molecular complexity index is 590. The molecule has 0 radical (unpaired) electrons. The summed E-state index contributed by atoms with van der Waals surface area (Å²) in [6.07, 6.45) is 2.04. The molecule has 1 aromatic rings. The molecule has 1 aliphatic heterocycles. The van der Waals surface area contributed by atoms with Gasteiger partial charge in [0.2, 0.25) is 0 Å². The second kappa shape index (κ2) is 14.6. The van der Waals surface area contributed by atoms with Gasteiger partial charge in [0.05, 0.1) is 19.8 Å². The summed E-state index contributed by atoms with van der Waals surface area (Å²) in [6.45, 7) is 7.45. The summed E-state index contributed by atoms with van der Waals surface area (Å²) in [4.78, 5) is 16.2. The molecule has 1 heterocycles. The number of nitrogens with zero attached hydrogens (tertiary/aromatic N) is 1. The van der Waals surface area contributed by atoms with Crippen LogP contribution in [0, 0.1) is 5.92 Å². The van der Waals surface area contributed by atoms with Gasteiger partial charge in [-0.25, -0.2) is 4.99 Å². The molecule has 1 unspecified atom stereocenters. The number of guanidine groups is 1. The van der Waals surface area contributed by atoms with E-state index in [-0.39, 0.29) is 29.9 Å². The highest BCUT2D eigenvalue weighted by molar-refractivity contribution is 14.0. The van der Waals surface area contributed by atoms with Crippen LogP contribution >= 0.6 is 24.0 Å². The van der Waals surface area contributed by atoms with Gasteiger partial charge in [0, 0.05) is 44.8 Å². The summed E-state index contributed by atoms with van der Waals surface area (Å²) in [7, 11) is 1.63. The Labute approximate surface area is 185 Å². The molecule has 1 aromatic carbocycles. The van der Waals surface area contributed by atoms with E-state index in [4.69, 9.17) is 9.47 Å². The van der Waals surface area contributed by atoms with Gasteiger partial charge in [-0.3, -0.25) is 4.79 Å². The second-order valence-electron chi connectivity index (χ2n) is 6.56. The van der Waals surface area contributed by atoms with Crippen molar-refractivity contribution < 1.29 is 14.3 Å². The molecule has 1 aliphatic rings. The summed E-state index contributed by atoms with van der Waals surface area (Å²) < 4.78 is 11.1. The van der Waals surface area contributed by atoms with E-state index in [0.717, 1.165) is 63.9 Å². The fourth-order valence-corrected chi connectivity index (χ4v) is 2.76. The molecular formula is C20H33IN4O3. The maximum Gasteiger partial charge on any atom is 0.251 e. The molecule has 7 nitrogen and oxygen atoms in total. The molecule has 3 N–H and O–H groups in total. The van der Waals surface area contributed by atoms with E-state index in [1.54, 1.807) is 7.05 Å². The third-order valence-corrected chi connectivity index (χ3v) is 4.34. The number of halogens is 1. The van der Waals surface area contributed by atoms with Crippen LogP contribution in [0.1, 0.15) is 35.7 Å². The van der Waals surface area contributed by atoms with Gasteiger partial charge in [-0.05, 0) is 37.5 Å². The maximum absolute atomic E-state index is 11.6. The lowest BCUT2D eigenvalue weighted by molar-refractivity contribution is 0.0888. The number of carbonyl (C=O) groups is 1. The van der Waals surface area contributed by atoms with Crippen LogP contribution in [-0.4, -0.2) is 58.4 Å². The number of aliphatic imine (C=N–C) groups is 1. The largest absolute Gasteiger partial charge is 0.381 e. The van der Waals surface area contributed by atoms with E-state index >= 15 is 0 Å². The first-order valence-corrected chi connectivity index (χ1v) is 9.71. The van der Waals surface area contributed by atoms with Crippen molar-refractivity contribution in [1.29, 1.82) is 0 Å². The number of rotatable bonds is 10. The smallest absolute Gasteiger partial charge is 0.251 e. The monoisotopic (exact) mass is 504 g/mol. The Balaban J connectivity index is 0.00000392. The molecule has 0 bridgehead atoms. The van der Waals surface area contributed by atoms with Crippen LogP contribution in [0.2, 0.25) is 0 Å². The first kappa shape index (κ1) is 24.6. The zero-order valence-corrected chi connectivity index (χ0v) is 19.2. The number of amides is 1. The van der Waals surface area contributed by atoms with E-state index in [0.29, 0.717) is 18.0 Å². The SMILES string of the molecule is CCNC(=NCc1ccc(C(=O)NC)cc1)NCCCOCC1CCOC1.I. The van der Waals surface area contributed by atoms with Crippen LogP contribution < -0.4 is 16.0 Å². The van der Waals surface area contributed by atoms with Crippen molar-refractivity contribution >= 4 is 35.8 Å². The van der Waals surface area contributed by atoms with Crippen molar-refractivity contribution in [3.05, 3.63) is 35.4 Å². The Morgan fingerprint density at radius 2 is 2.07 bits per heavy atom. The quantitative estimate of drug-likeness (QED) is 0.197. The lowest BCUT2D eigenvalue weighted by atomic mass is 10.1. The second-order valence-corrected chi connectivity index (χ2v) is 6.56. The minimum Gasteiger partial charge on any atom is -0.381 e. The average Bonchev–Trinajstić information content (AvgIpc) is 3.22. The number of carbonyl (C=O) groups excluding carboxylic acids is 1. The maximum atomic E-state index is 11.6. The molecule has 1 fully saturated rings. The summed E-state index contributed by atoms with van der Waals surface area (Å²) in [5.41, 5.74) is 1.71. The number of hydrogen-bond donors (Lipinski definition) is 3. The molecule has 0 aliphatic carbocycles. The predicted molar refractivity (Wildman–Crippen MR) is 122 cm³/mol. The normalized spacial score (nSPS) is 16.4. The molecule has 1 atom stereocenters. The Kier molecular flexibility index (Phi) is 12.8. The van der Waals surface area contributed by atoms with Crippen LogP contribution in [0.5, 0.6) is 0 Å². The fourth-order valence-electron chi connectivity index (χ4n) is 2.76. The van der Waals surface area contributed by atoms with Crippen LogP contribution in [-0.2, 0) is 16.0 Å². The molecule has 8 heteroatoms. The third kappa shape index (κ3) is 9.20. The molecule has 1 amide bonds. The first-order valence-electron chi connectivity index (χ1n) is 9.71. The lowest BCUT2D eigenvalue weighted by Gasteiger charge is -2.12.